The minimum absolute atomic E-state index is 0.0214. The minimum atomic E-state index is -0.568. The number of hydrazone groups is 1. The molecule has 1 amide bonds. The third kappa shape index (κ3) is 4.84. The number of carbonyl (C=O) groups excluding carboxylic acids is 1. The third-order valence-electron chi connectivity index (χ3n) is 4.37. The van der Waals surface area contributed by atoms with Gasteiger partial charge in [0.05, 0.1) is 11.1 Å². The highest BCUT2D eigenvalue weighted by Gasteiger charge is 2.15. The van der Waals surface area contributed by atoms with Crippen molar-refractivity contribution in [1.82, 2.24) is 9.99 Å². The number of nitrogens with one attached hydrogen (secondary N) is 1. The van der Waals surface area contributed by atoms with Crippen LogP contribution in [-0.2, 0) is 4.79 Å². The highest BCUT2D eigenvalue weighted by Crippen LogP contribution is 2.25. The van der Waals surface area contributed by atoms with Crippen LogP contribution in [0.3, 0.4) is 0 Å². The number of nitro benzene ring substituents is 1. The van der Waals surface area contributed by atoms with E-state index in [0.717, 1.165) is 22.6 Å². The smallest absolute Gasteiger partial charge is 0.310 e. The lowest BCUT2D eigenvalue weighted by atomic mass is 10.2. The van der Waals surface area contributed by atoms with Crippen LogP contribution in [0.5, 0.6) is 5.75 Å². The first-order chi connectivity index (χ1) is 14.4. The molecule has 0 spiro atoms. The van der Waals surface area contributed by atoms with Gasteiger partial charge in [0, 0.05) is 33.7 Å². The second-order valence-electron chi connectivity index (χ2n) is 6.44. The Bertz CT molecular complexity index is 1110. The van der Waals surface area contributed by atoms with E-state index in [1.165, 1.54) is 24.4 Å². The molecule has 0 saturated heterocycles. The Labute approximate surface area is 177 Å². The number of rotatable bonds is 7. The summed E-state index contributed by atoms with van der Waals surface area (Å²) in [6.45, 7) is 3.52. The molecule has 0 bridgehead atoms. The summed E-state index contributed by atoms with van der Waals surface area (Å²) in [6, 6.07) is 15.3. The van der Waals surface area contributed by atoms with Crippen LogP contribution >= 0.6 is 11.6 Å². The van der Waals surface area contributed by atoms with E-state index in [1.807, 2.05) is 44.2 Å². The van der Waals surface area contributed by atoms with Crippen molar-refractivity contribution in [1.29, 1.82) is 0 Å². The fraction of sp³-hybridized carbons (Fsp3) is 0.143. The summed E-state index contributed by atoms with van der Waals surface area (Å²) in [5.74, 6) is -0.510. The maximum atomic E-state index is 12.0. The molecule has 3 rings (SSSR count). The van der Waals surface area contributed by atoms with E-state index in [4.69, 9.17) is 16.3 Å². The van der Waals surface area contributed by atoms with Gasteiger partial charge < -0.3 is 9.30 Å². The molecule has 0 radical (unpaired) electrons. The zero-order valence-electron chi connectivity index (χ0n) is 16.3. The summed E-state index contributed by atoms with van der Waals surface area (Å²) in [5.41, 5.74) is 5.91. The fourth-order valence-corrected chi connectivity index (χ4v) is 3.11. The van der Waals surface area contributed by atoms with Gasteiger partial charge in [0.15, 0.2) is 12.4 Å². The molecule has 2 aromatic carbocycles. The predicted molar refractivity (Wildman–Crippen MR) is 115 cm³/mol. The SMILES string of the molecule is Cc1cc(/C=N/NC(=O)COc2ccccc2[N+](=O)[O-])c(C)n1-c1ccc(Cl)cc1. The maximum absolute atomic E-state index is 12.0. The van der Waals surface area contributed by atoms with Gasteiger partial charge in [0.2, 0.25) is 0 Å². The molecule has 9 heteroatoms. The van der Waals surface area contributed by atoms with E-state index in [-0.39, 0.29) is 11.4 Å². The van der Waals surface area contributed by atoms with Crippen LogP contribution in [0.2, 0.25) is 5.02 Å². The van der Waals surface area contributed by atoms with Gasteiger partial charge >= 0.3 is 5.69 Å². The summed E-state index contributed by atoms with van der Waals surface area (Å²) in [6.07, 6.45) is 1.54. The fourth-order valence-electron chi connectivity index (χ4n) is 2.99. The van der Waals surface area contributed by atoms with Gasteiger partial charge in [-0.25, -0.2) is 5.43 Å². The first-order valence-electron chi connectivity index (χ1n) is 9.00. The number of nitrogens with zero attached hydrogens (tertiary/aromatic N) is 3. The number of aromatic nitrogens is 1. The Morgan fingerprint density at radius 2 is 1.93 bits per heavy atom. The number of ether oxygens (including phenoxy) is 1. The second kappa shape index (κ2) is 9.23. The number of aryl methyl sites for hydroxylation is 1. The van der Waals surface area contributed by atoms with Gasteiger partial charge in [-0.15, -0.1) is 0 Å². The van der Waals surface area contributed by atoms with Crippen molar-refractivity contribution >= 4 is 29.4 Å². The van der Waals surface area contributed by atoms with E-state index in [2.05, 4.69) is 15.1 Å². The summed E-state index contributed by atoms with van der Waals surface area (Å²) in [5, 5.41) is 15.6. The van der Waals surface area contributed by atoms with Gasteiger partial charge in [0.25, 0.3) is 5.91 Å². The highest BCUT2D eigenvalue weighted by atomic mass is 35.5. The number of hydrogen-bond acceptors (Lipinski definition) is 5. The minimum Gasteiger partial charge on any atom is -0.477 e. The summed E-state index contributed by atoms with van der Waals surface area (Å²) >= 11 is 5.96. The Hall–Kier alpha value is -3.65. The van der Waals surface area contributed by atoms with Gasteiger partial charge in [-0.05, 0) is 50.2 Å². The van der Waals surface area contributed by atoms with E-state index in [9.17, 15) is 14.9 Å². The zero-order valence-corrected chi connectivity index (χ0v) is 17.1. The third-order valence-corrected chi connectivity index (χ3v) is 4.62. The standard InChI is InChI=1S/C21H19ClN4O4/c1-14-11-16(15(2)25(14)18-9-7-17(22)8-10-18)12-23-24-21(27)13-30-20-6-4-3-5-19(20)26(28)29/h3-12H,13H2,1-2H3,(H,24,27)/b23-12+. The van der Waals surface area contributed by atoms with Crippen LogP contribution in [0.1, 0.15) is 17.0 Å². The zero-order chi connectivity index (χ0) is 21.7. The van der Waals surface area contributed by atoms with Crippen LogP contribution in [0.25, 0.3) is 5.69 Å². The van der Waals surface area contributed by atoms with Crippen LogP contribution in [-0.4, -0.2) is 28.2 Å². The molecular weight excluding hydrogens is 408 g/mol. The Morgan fingerprint density at radius 1 is 1.23 bits per heavy atom. The molecule has 1 aromatic heterocycles. The number of carbonyl (C=O) groups is 1. The van der Waals surface area contributed by atoms with Crippen LogP contribution in [0, 0.1) is 24.0 Å². The highest BCUT2D eigenvalue weighted by molar-refractivity contribution is 6.30. The lowest BCUT2D eigenvalue weighted by Gasteiger charge is -2.09. The van der Waals surface area contributed by atoms with Gasteiger partial charge in [-0.1, -0.05) is 23.7 Å². The van der Waals surface area contributed by atoms with E-state index in [0.29, 0.717) is 5.02 Å². The molecule has 0 saturated carbocycles. The predicted octanol–water partition coefficient (Wildman–Crippen LogP) is 4.18. The first kappa shape index (κ1) is 21.1. The molecule has 0 aliphatic rings. The largest absolute Gasteiger partial charge is 0.477 e. The lowest BCUT2D eigenvalue weighted by Crippen LogP contribution is -2.24. The van der Waals surface area contributed by atoms with Crippen molar-refractivity contribution in [2.45, 2.75) is 13.8 Å². The monoisotopic (exact) mass is 426 g/mol. The molecule has 0 aliphatic carbocycles. The quantitative estimate of drug-likeness (QED) is 0.348. The Kier molecular flexibility index (Phi) is 6.48. The number of nitro groups is 1. The average molecular weight is 427 g/mol. The number of hydrogen-bond donors (Lipinski definition) is 1. The van der Waals surface area contributed by atoms with Crippen molar-refractivity contribution in [3.63, 3.8) is 0 Å². The van der Waals surface area contributed by atoms with Gasteiger partial charge in [-0.3, -0.25) is 14.9 Å². The molecule has 0 aliphatic heterocycles. The van der Waals surface area contributed by atoms with E-state index in [1.54, 1.807) is 6.07 Å². The molecule has 30 heavy (non-hydrogen) atoms. The molecule has 3 aromatic rings. The van der Waals surface area contributed by atoms with Crippen molar-refractivity contribution in [3.05, 3.63) is 86.7 Å². The molecule has 1 N–H and O–H groups in total. The lowest BCUT2D eigenvalue weighted by molar-refractivity contribution is -0.385. The number of amides is 1. The topological polar surface area (TPSA) is 98.8 Å². The van der Waals surface area contributed by atoms with Crippen molar-refractivity contribution in [3.8, 4) is 11.4 Å². The second-order valence-corrected chi connectivity index (χ2v) is 6.88. The number of para-hydroxylation sites is 2. The molecule has 154 valence electrons. The molecule has 0 unspecified atom stereocenters. The number of halogens is 1. The van der Waals surface area contributed by atoms with Crippen LogP contribution in [0.15, 0.2) is 59.7 Å². The molecular formula is C21H19ClN4O4. The van der Waals surface area contributed by atoms with Gasteiger partial charge in [-0.2, -0.15) is 5.10 Å². The molecule has 0 atom stereocenters. The van der Waals surface area contributed by atoms with Crippen molar-refractivity contribution in [2.24, 2.45) is 5.10 Å². The first-order valence-corrected chi connectivity index (χ1v) is 9.37. The summed E-state index contributed by atoms with van der Waals surface area (Å²) in [7, 11) is 0. The number of benzene rings is 2. The maximum Gasteiger partial charge on any atom is 0.310 e. The van der Waals surface area contributed by atoms with Crippen LogP contribution in [0.4, 0.5) is 5.69 Å². The van der Waals surface area contributed by atoms with Crippen LogP contribution < -0.4 is 10.2 Å². The molecule has 1 heterocycles. The summed E-state index contributed by atoms with van der Waals surface area (Å²) in [4.78, 5) is 22.4. The normalized spacial score (nSPS) is 10.9. The molecule has 0 fully saturated rings. The Balaban J connectivity index is 1.63. The molecule has 8 nitrogen and oxygen atoms in total. The van der Waals surface area contributed by atoms with Gasteiger partial charge in [0.1, 0.15) is 0 Å². The van der Waals surface area contributed by atoms with Crippen molar-refractivity contribution in [2.75, 3.05) is 6.61 Å². The summed E-state index contributed by atoms with van der Waals surface area (Å²) < 4.78 is 7.29. The average Bonchev–Trinajstić information content (AvgIpc) is 3.00. The Morgan fingerprint density at radius 3 is 2.63 bits per heavy atom. The van der Waals surface area contributed by atoms with Crippen molar-refractivity contribution < 1.29 is 14.5 Å². The van der Waals surface area contributed by atoms with E-state index >= 15 is 0 Å². The van der Waals surface area contributed by atoms with E-state index < -0.39 is 17.4 Å².